The van der Waals surface area contributed by atoms with Crippen LogP contribution in [0.1, 0.15) is 58.3 Å². The van der Waals surface area contributed by atoms with Gasteiger partial charge in [0.05, 0.1) is 12.0 Å². The Hall–Kier alpha value is -0.870. The molecule has 0 saturated carbocycles. The number of imidazole rings is 1. The molecule has 0 saturated heterocycles. The summed E-state index contributed by atoms with van der Waals surface area (Å²) < 4.78 is 13.3. The van der Waals surface area contributed by atoms with Gasteiger partial charge in [0.1, 0.15) is 0 Å². The summed E-state index contributed by atoms with van der Waals surface area (Å²) in [7, 11) is 0. The molecule has 0 atom stereocenters. The van der Waals surface area contributed by atoms with Gasteiger partial charge in [0.25, 0.3) is 0 Å². The summed E-state index contributed by atoms with van der Waals surface area (Å²) in [6, 6.07) is 0. The normalized spacial score (nSPS) is 11.4. The van der Waals surface area contributed by atoms with E-state index in [0.717, 1.165) is 25.7 Å². The maximum Gasteiger partial charge on any atom is 0.245 e. The van der Waals surface area contributed by atoms with Crippen LogP contribution in [0.2, 0.25) is 0 Å². The first-order chi connectivity index (χ1) is 8.78. The molecule has 0 radical (unpaired) electrons. The third-order valence-electron chi connectivity index (χ3n) is 2.80. The minimum absolute atomic E-state index is 0.334. The van der Waals surface area contributed by atoms with E-state index in [-0.39, 0.29) is 6.41 Å². The van der Waals surface area contributed by atoms with Gasteiger partial charge in [-0.15, -0.1) is 0 Å². The van der Waals surface area contributed by atoms with Gasteiger partial charge in [-0.2, -0.15) is 0 Å². The van der Waals surface area contributed by atoms with Gasteiger partial charge >= 0.3 is 0 Å². The molecule has 0 spiro atoms. The maximum atomic E-state index is 5.65. The standard InChI is InChI=1S/C14H26N2O2/c1-5-9-12-13(10-6-2)16(11-15-12)14(17-7-3)18-8-4/h11,14H,5-10H2,1-4H3. The SMILES string of the molecule is CCCc1ncn(C(OCC)OCC)c1CCC. The average Bonchev–Trinajstić information content (AvgIpc) is 2.74. The summed E-state index contributed by atoms with van der Waals surface area (Å²) in [5.41, 5.74) is 2.44. The van der Waals surface area contributed by atoms with Crippen molar-refractivity contribution in [3.05, 3.63) is 17.7 Å². The number of hydrogen-bond donors (Lipinski definition) is 0. The van der Waals surface area contributed by atoms with E-state index in [9.17, 15) is 0 Å². The zero-order valence-electron chi connectivity index (χ0n) is 12.1. The lowest BCUT2D eigenvalue weighted by Gasteiger charge is -2.20. The first-order valence-corrected chi connectivity index (χ1v) is 7.06. The Bertz CT molecular complexity index is 331. The minimum Gasteiger partial charge on any atom is -0.335 e. The van der Waals surface area contributed by atoms with Gasteiger partial charge in [-0.1, -0.05) is 26.7 Å². The smallest absolute Gasteiger partial charge is 0.245 e. The highest BCUT2D eigenvalue weighted by Crippen LogP contribution is 2.19. The molecule has 4 heteroatoms. The quantitative estimate of drug-likeness (QED) is 0.634. The summed E-state index contributed by atoms with van der Waals surface area (Å²) >= 11 is 0. The number of aromatic nitrogens is 2. The molecule has 0 N–H and O–H groups in total. The Morgan fingerprint density at radius 2 is 1.67 bits per heavy atom. The molecule has 0 aliphatic heterocycles. The van der Waals surface area contributed by atoms with Crippen molar-refractivity contribution >= 4 is 0 Å². The van der Waals surface area contributed by atoms with E-state index in [2.05, 4.69) is 18.8 Å². The van der Waals surface area contributed by atoms with Crippen LogP contribution in [0.25, 0.3) is 0 Å². The Morgan fingerprint density at radius 1 is 1.06 bits per heavy atom. The van der Waals surface area contributed by atoms with Gasteiger partial charge in [0.2, 0.25) is 6.41 Å². The Morgan fingerprint density at radius 3 is 2.17 bits per heavy atom. The monoisotopic (exact) mass is 254 g/mol. The third kappa shape index (κ3) is 3.82. The fourth-order valence-corrected chi connectivity index (χ4v) is 2.06. The molecule has 4 nitrogen and oxygen atoms in total. The molecule has 0 amide bonds. The van der Waals surface area contributed by atoms with E-state index < -0.39 is 0 Å². The Balaban J connectivity index is 2.96. The lowest BCUT2D eigenvalue weighted by atomic mass is 10.1. The van der Waals surface area contributed by atoms with Crippen LogP contribution in [-0.4, -0.2) is 22.8 Å². The maximum absolute atomic E-state index is 5.65. The zero-order chi connectivity index (χ0) is 13.4. The molecule has 0 aliphatic rings. The lowest BCUT2D eigenvalue weighted by Crippen LogP contribution is -2.18. The van der Waals surface area contributed by atoms with Crippen molar-refractivity contribution in [3.8, 4) is 0 Å². The number of aryl methyl sites for hydroxylation is 1. The van der Waals surface area contributed by atoms with Crippen LogP contribution >= 0.6 is 0 Å². The van der Waals surface area contributed by atoms with Gasteiger partial charge in [0, 0.05) is 18.9 Å². The van der Waals surface area contributed by atoms with E-state index in [4.69, 9.17) is 9.47 Å². The minimum atomic E-state index is -0.334. The van der Waals surface area contributed by atoms with Crippen molar-refractivity contribution in [2.45, 2.75) is 59.8 Å². The average molecular weight is 254 g/mol. The van der Waals surface area contributed by atoms with Crippen molar-refractivity contribution < 1.29 is 9.47 Å². The molecular weight excluding hydrogens is 228 g/mol. The number of hydrogen-bond acceptors (Lipinski definition) is 3. The second-order valence-electron chi connectivity index (χ2n) is 4.26. The van der Waals surface area contributed by atoms with E-state index in [1.807, 2.05) is 24.7 Å². The number of ether oxygens (including phenoxy) is 2. The summed E-state index contributed by atoms with van der Waals surface area (Å²) in [5.74, 6) is 0. The molecule has 1 heterocycles. The van der Waals surface area contributed by atoms with Crippen LogP contribution in [0.4, 0.5) is 0 Å². The fraction of sp³-hybridized carbons (Fsp3) is 0.786. The molecule has 1 aromatic rings. The number of nitrogens with zero attached hydrogens (tertiary/aromatic N) is 2. The summed E-state index contributed by atoms with van der Waals surface area (Å²) in [5, 5.41) is 0. The van der Waals surface area contributed by atoms with E-state index >= 15 is 0 Å². The Kier molecular flexibility index (Phi) is 6.98. The van der Waals surface area contributed by atoms with Crippen LogP contribution in [0.15, 0.2) is 6.33 Å². The van der Waals surface area contributed by atoms with Crippen LogP contribution in [0, 0.1) is 0 Å². The highest BCUT2D eigenvalue weighted by molar-refractivity contribution is 5.14. The summed E-state index contributed by atoms with van der Waals surface area (Å²) in [4.78, 5) is 4.51. The van der Waals surface area contributed by atoms with Crippen molar-refractivity contribution in [2.75, 3.05) is 13.2 Å². The predicted molar refractivity (Wildman–Crippen MR) is 72.5 cm³/mol. The first kappa shape index (κ1) is 15.2. The predicted octanol–water partition coefficient (Wildman–Crippen LogP) is 3.32. The molecule has 0 aromatic carbocycles. The van der Waals surface area contributed by atoms with Crippen molar-refractivity contribution in [2.24, 2.45) is 0 Å². The molecular formula is C14H26N2O2. The highest BCUT2D eigenvalue weighted by atomic mass is 16.7. The first-order valence-electron chi connectivity index (χ1n) is 7.06. The van der Waals surface area contributed by atoms with Gasteiger partial charge in [-0.3, -0.25) is 4.57 Å². The van der Waals surface area contributed by atoms with Gasteiger partial charge in [-0.05, 0) is 26.7 Å². The largest absolute Gasteiger partial charge is 0.335 e. The van der Waals surface area contributed by atoms with Crippen LogP contribution in [0.3, 0.4) is 0 Å². The summed E-state index contributed by atoms with van der Waals surface area (Å²) in [6.45, 7) is 9.60. The van der Waals surface area contributed by atoms with E-state index in [0.29, 0.717) is 13.2 Å². The molecule has 1 aromatic heterocycles. The molecule has 0 fully saturated rings. The van der Waals surface area contributed by atoms with E-state index in [1.165, 1.54) is 11.4 Å². The van der Waals surface area contributed by atoms with Crippen molar-refractivity contribution in [3.63, 3.8) is 0 Å². The van der Waals surface area contributed by atoms with Crippen molar-refractivity contribution in [1.82, 2.24) is 9.55 Å². The molecule has 0 aliphatic carbocycles. The number of rotatable bonds is 9. The highest BCUT2D eigenvalue weighted by Gasteiger charge is 2.17. The zero-order valence-corrected chi connectivity index (χ0v) is 12.1. The topological polar surface area (TPSA) is 36.3 Å². The Labute approximate surface area is 110 Å². The molecule has 104 valence electrons. The van der Waals surface area contributed by atoms with Crippen LogP contribution < -0.4 is 0 Å². The molecule has 18 heavy (non-hydrogen) atoms. The fourth-order valence-electron chi connectivity index (χ4n) is 2.06. The summed E-state index contributed by atoms with van der Waals surface area (Å²) in [6.07, 6.45) is 5.78. The lowest BCUT2D eigenvalue weighted by molar-refractivity contribution is -0.187. The van der Waals surface area contributed by atoms with Gasteiger partial charge in [0.15, 0.2) is 0 Å². The van der Waals surface area contributed by atoms with Gasteiger partial charge in [-0.25, -0.2) is 4.98 Å². The molecule has 1 rings (SSSR count). The van der Waals surface area contributed by atoms with Gasteiger partial charge < -0.3 is 9.47 Å². The van der Waals surface area contributed by atoms with Crippen LogP contribution in [-0.2, 0) is 22.3 Å². The second kappa shape index (κ2) is 8.27. The van der Waals surface area contributed by atoms with E-state index in [1.54, 1.807) is 0 Å². The van der Waals surface area contributed by atoms with Crippen molar-refractivity contribution in [1.29, 1.82) is 0 Å². The molecule has 0 unspecified atom stereocenters. The molecule has 0 bridgehead atoms. The second-order valence-corrected chi connectivity index (χ2v) is 4.26. The van der Waals surface area contributed by atoms with Crippen LogP contribution in [0.5, 0.6) is 0 Å². The third-order valence-corrected chi connectivity index (χ3v) is 2.80.